The molecule has 0 aliphatic carbocycles. The summed E-state index contributed by atoms with van der Waals surface area (Å²) in [6.45, 7) is 11.4. The first kappa shape index (κ1) is 56.0. The van der Waals surface area contributed by atoms with Gasteiger partial charge in [0.05, 0.1) is 22.9 Å². The molecule has 0 fully saturated rings. The van der Waals surface area contributed by atoms with Crippen molar-refractivity contribution >= 4 is 92.9 Å². The van der Waals surface area contributed by atoms with Crippen molar-refractivity contribution in [1.29, 1.82) is 0 Å². The van der Waals surface area contributed by atoms with Crippen molar-refractivity contribution < 1.29 is 43.0 Å². The Kier molecular flexibility index (Phi) is 28.4. The van der Waals surface area contributed by atoms with Crippen LogP contribution in [0.3, 0.4) is 0 Å². The monoisotopic (exact) mass is 1000 g/mol. The second kappa shape index (κ2) is 30.9. The highest BCUT2D eigenvalue weighted by Gasteiger charge is 2.23. The van der Waals surface area contributed by atoms with Gasteiger partial charge in [-0.2, -0.15) is 0 Å². The number of benzene rings is 2. The minimum atomic E-state index is -0.836. The Morgan fingerprint density at radius 3 is 1.46 bits per heavy atom. The molecule has 4 amide bonds. The first-order chi connectivity index (χ1) is 28.7. The predicted molar refractivity (Wildman–Crippen MR) is 242 cm³/mol. The molecule has 0 aromatic heterocycles. The summed E-state index contributed by atoms with van der Waals surface area (Å²) < 4.78 is 15.7. The number of hydrogen-bond acceptors (Lipinski definition) is 11. The van der Waals surface area contributed by atoms with Crippen molar-refractivity contribution in [3.63, 3.8) is 0 Å². The van der Waals surface area contributed by atoms with E-state index in [-0.39, 0.29) is 22.8 Å². The summed E-state index contributed by atoms with van der Waals surface area (Å²) in [7, 11) is 1.24. The maximum atomic E-state index is 12.4. The lowest BCUT2D eigenvalue weighted by molar-refractivity contribution is -0.143. The van der Waals surface area contributed by atoms with E-state index in [0.29, 0.717) is 66.9 Å². The van der Waals surface area contributed by atoms with Gasteiger partial charge in [-0.15, -0.1) is 23.2 Å². The zero-order valence-electron chi connectivity index (χ0n) is 35.3. The highest BCUT2D eigenvalue weighted by Crippen LogP contribution is 2.17. The molecule has 2 atom stereocenters. The third-order valence-corrected chi connectivity index (χ3v) is 7.59. The van der Waals surface area contributed by atoms with Gasteiger partial charge in [-0.05, 0) is 115 Å². The number of carbonyl (C=O) groups is 6. The number of Topliss-reactive ketones (excluding diaryl/α,β-unsaturated/α-hetero) is 1. The largest absolute Gasteiger partial charge is 0.467 e. The van der Waals surface area contributed by atoms with Crippen LogP contribution in [0.15, 0.2) is 58.8 Å². The molecule has 61 heavy (non-hydrogen) atoms. The van der Waals surface area contributed by atoms with Crippen LogP contribution in [0.4, 0.5) is 21.0 Å². The van der Waals surface area contributed by atoms with Crippen molar-refractivity contribution in [3.8, 4) is 0 Å². The first-order valence-corrected chi connectivity index (χ1v) is 21.5. The molecule has 2 rings (SSSR count). The summed E-state index contributed by atoms with van der Waals surface area (Å²) >= 11 is 12.7. The molecule has 4 N–H and O–H groups in total. The second-order valence-electron chi connectivity index (χ2n) is 14.6. The standard InChI is InChI=1S/C19H26ClN5O4.C19H27N5O5.CH2ClI/c1-19(2,3)29-18(28)22-10-5-4-9-15(16(26)12-20)23-17(27)13-7-6-8-14(11-13)24-25-21;1-19(2,3)29-18(27)21-11-6-5-10-15(17(26)28-4)22-16(25)13-8-7-9-14(12-13)23-24-20;2-1-3/h6-8,11,15H,4-5,9-10,12H2,1-3H3,(H,22,28)(H,23,27);7-9,12,15H,5-6,10-11H2,1-4H3,(H,21,27)(H,22,25);1H2/t2*15-;/m00./s1. The van der Waals surface area contributed by atoms with E-state index >= 15 is 0 Å². The van der Waals surface area contributed by atoms with E-state index < -0.39 is 53.3 Å². The fourth-order valence-electron chi connectivity index (χ4n) is 4.76. The Bertz CT molecular complexity index is 1700. The van der Waals surface area contributed by atoms with E-state index in [1.807, 2.05) is 0 Å². The fraction of sp³-hybridized carbons (Fsp3) is 0.538. The normalized spacial score (nSPS) is 11.4. The number of hydrogen-bond donors (Lipinski definition) is 4. The Balaban J connectivity index is 0.00000111. The molecule has 0 heterocycles. The number of ether oxygens (including phenoxy) is 3. The number of methoxy groups -OCH3 is 1. The van der Waals surface area contributed by atoms with E-state index in [9.17, 15) is 28.8 Å². The van der Waals surface area contributed by atoms with Crippen LogP contribution in [-0.4, -0.2) is 89.0 Å². The SMILES string of the molecule is CC(C)(C)OC(=O)NCCCC[C@H](NC(=O)c1cccc(N=[N+]=[N-])c1)C(=O)CCl.COC(=O)[C@H](CCCCNC(=O)OC(C)(C)C)NC(=O)c1cccc(N=[N+]=[N-])c1.ClCI. The number of amides is 4. The number of rotatable bonds is 19. The number of alkyl halides is 3. The van der Waals surface area contributed by atoms with Gasteiger partial charge < -0.3 is 35.5 Å². The summed E-state index contributed by atoms with van der Waals surface area (Å²) in [5.41, 5.74) is 17.0. The number of halogens is 3. The highest BCUT2D eigenvalue weighted by molar-refractivity contribution is 14.1. The third-order valence-electron chi connectivity index (χ3n) is 7.33. The highest BCUT2D eigenvalue weighted by atomic mass is 127. The molecule has 22 heteroatoms. The molecule has 0 spiro atoms. The Morgan fingerprint density at radius 2 is 1.10 bits per heavy atom. The molecule has 2 aromatic carbocycles. The van der Waals surface area contributed by atoms with Gasteiger partial charge in [0.15, 0.2) is 5.78 Å². The summed E-state index contributed by atoms with van der Waals surface area (Å²) in [5, 5.41) is 17.5. The minimum absolute atomic E-state index is 0.222. The molecule has 0 bridgehead atoms. The van der Waals surface area contributed by atoms with E-state index in [4.69, 9.17) is 48.5 Å². The van der Waals surface area contributed by atoms with Crippen LogP contribution < -0.4 is 21.3 Å². The number of unbranched alkanes of at least 4 members (excludes halogenated alkanes) is 2. The number of nitrogens with zero attached hydrogens (tertiary/aromatic N) is 6. The van der Waals surface area contributed by atoms with Crippen LogP contribution in [0.5, 0.6) is 0 Å². The summed E-state index contributed by atoms with van der Waals surface area (Å²) in [5.74, 6) is -2.03. The zero-order chi connectivity index (χ0) is 46.4. The van der Waals surface area contributed by atoms with Gasteiger partial charge in [0, 0.05) is 45.4 Å². The quantitative estimate of drug-likeness (QED) is 0.0152. The number of ketones is 1. The van der Waals surface area contributed by atoms with Gasteiger partial charge >= 0.3 is 18.2 Å². The van der Waals surface area contributed by atoms with Crippen LogP contribution in [0.1, 0.15) is 101 Å². The first-order valence-electron chi connectivity index (χ1n) is 18.9. The number of carbonyl (C=O) groups excluding carboxylic acids is 6. The van der Waals surface area contributed by atoms with E-state index in [1.165, 1.54) is 19.2 Å². The molecule has 0 saturated heterocycles. The Hall–Kier alpha value is -5.01. The van der Waals surface area contributed by atoms with Gasteiger partial charge in [0.1, 0.15) is 17.2 Å². The van der Waals surface area contributed by atoms with Crippen LogP contribution in [-0.2, 0) is 23.8 Å². The number of alkyl carbamates (subject to hydrolysis) is 2. The average molecular weight is 1010 g/mol. The van der Waals surface area contributed by atoms with Crippen molar-refractivity contribution in [2.75, 3.05) is 30.0 Å². The lowest BCUT2D eigenvalue weighted by atomic mass is 10.0. The smallest absolute Gasteiger partial charge is 0.407 e. The Labute approximate surface area is 379 Å². The topological polar surface area (TPSA) is 276 Å². The molecule has 0 radical (unpaired) electrons. The molecule has 19 nitrogen and oxygen atoms in total. The summed E-state index contributed by atoms with van der Waals surface area (Å²) in [6, 6.07) is 10.7. The molecule has 336 valence electrons. The molecular weight excluding hydrogens is 950 g/mol. The molecule has 0 saturated carbocycles. The van der Waals surface area contributed by atoms with Gasteiger partial charge in [-0.1, -0.05) is 57.1 Å². The maximum Gasteiger partial charge on any atom is 0.407 e. The molecule has 2 aromatic rings. The van der Waals surface area contributed by atoms with E-state index in [1.54, 1.807) is 77.9 Å². The van der Waals surface area contributed by atoms with Crippen LogP contribution in [0, 0.1) is 0 Å². The lowest BCUT2D eigenvalue weighted by Gasteiger charge is -2.20. The molecule has 0 aliphatic heterocycles. The van der Waals surface area contributed by atoms with Crippen LogP contribution >= 0.6 is 45.8 Å². The number of azide groups is 2. The maximum absolute atomic E-state index is 12.4. The van der Waals surface area contributed by atoms with Gasteiger partial charge in [0.25, 0.3) is 11.8 Å². The average Bonchev–Trinajstić information content (AvgIpc) is 3.18. The fourth-order valence-corrected chi connectivity index (χ4v) is 4.95. The lowest BCUT2D eigenvalue weighted by Crippen LogP contribution is -2.41. The van der Waals surface area contributed by atoms with Crippen LogP contribution in [0.25, 0.3) is 20.9 Å². The van der Waals surface area contributed by atoms with E-state index in [2.05, 4.69) is 63.9 Å². The summed E-state index contributed by atoms with van der Waals surface area (Å²) in [6.07, 6.45) is 2.06. The van der Waals surface area contributed by atoms with Crippen molar-refractivity contribution in [3.05, 3.63) is 80.5 Å². The molecule has 0 aliphatic rings. The Morgan fingerprint density at radius 1 is 0.705 bits per heavy atom. The number of nitrogens with one attached hydrogen (secondary N) is 4. The van der Waals surface area contributed by atoms with Gasteiger partial charge in [-0.25, -0.2) is 14.4 Å². The third kappa shape index (κ3) is 27.5. The second-order valence-corrected chi connectivity index (χ2v) is 16.8. The van der Waals surface area contributed by atoms with Crippen LogP contribution in [0.2, 0.25) is 0 Å². The van der Waals surface area contributed by atoms with Crippen molar-refractivity contribution in [2.45, 2.75) is 103 Å². The minimum Gasteiger partial charge on any atom is -0.467 e. The van der Waals surface area contributed by atoms with Crippen molar-refractivity contribution in [1.82, 2.24) is 21.3 Å². The van der Waals surface area contributed by atoms with E-state index in [0.717, 1.165) is 0 Å². The number of esters is 1. The molecule has 0 unspecified atom stereocenters. The van der Waals surface area contributed by atoms with Crippen molar-refractivity contribution in [2.24, 2.45) is 10.2 Å². The molecular formula is C39H55Cl2IN10O9. The predicted octanol–water partition coefficient (Wildman–Crippen LogP) is 9.44. The van der Waals surface area contributed by atoms with Gasteiger partial charge in [0.2, 0.25) is 0 Å². The zero-order valence-corrected chi connectivity index (χ0v) is 39.0. The van der Waals surface area contributed by atoms with Gasteiger partial charge in [-0.3, -0.25) is 14.4 Å². The summed E-state index contributed by atoms with van der Waals surface area (Å²) in [4.78, 5) is 77.4.